The predicted octanol–water partition coefficient (Wildman–Crippen LogP) is 1.59. The van der Waals surface area contributed by atoms with Gasteiger partial charge in [-0.3, -0.25) is 4.79 Å². The fraction of sp³-hybridized carbons (Fsp3) is 0.286. The summed E-state index contributed by atoms with van der Waals surface area (Å²) in [6, 6.07) is 1.95. The quantitative estimate of drug-likeness (QED) is 0.841. The Morgan fingerprint density at radius 2 is 2.35 bits per heavy atom. The van der Waals surface area contributed by atoms with Gasteiger partial charge >= 0.3 is 0 Å². The SMILES string of the molecule is Cc1noc(C)c1C(=O)NCc1cc(C#CCN)cs1. The molecule has 0 saturated heterocycles. The molecule has 20 heavy (non-hydrogen) atoms. The van der Waals surface area contributed by atoms with Crippen molar-refractivity contribution in [3.05, 3.63) is 38.9 Å². The summed E-state index contributed by atoms with van der Waals surface area (Å²) in [5, 5.41) is 8.56. The van der Waals surface area contributed by atoms with Gasteiger partial charge in [0.1, 0.15) is 11.3 Å². The molecular weight excluding hydrogens is 274 g/mol. The Balaban J connectivity index is 1.99. The highest BCUT2D eigenvalue weighted by Crippen LogP contribution is 2.15. The molecule has 0 aliphatic rings. The highest BCUT2D eigenvalue weighted by molar-refractivity contribution is 7.10. The third kappa shape index (κ3) is 3.26. The molecule has 0 fully saturated rings. The number of carbonyl (C=O) groups excluding carboxylic acids is 1. The molecule has 104 valence electrons. The van der Waals surface area contributed by atoms with E-state index in [0.29, 0.717) is 30.1 Å². The van der Waals surface area contributed by atoms with Crippen LogP contribution in [0.4, 0.5) is 0 Å². The Hall–Kier alpha value is -2.10. The minimum Gasteiger partial charge on any atom is -0.361 e. The van der Waals surface area contributed by atoms with E-state index in [2.05, 4.69) is 22.3 Å². The van der Waals surface area contributed by atoms with E-state index in [0.717, 1.165) is 10.4 Å². The standard InChI is InChI=1S/C14H15N3O2S/c1-9-13(10(2)19-17-9)14(18)16-7-12-6-11(8-20-12)4-3-5-15/h6,8H,5,7,15H2,1-2H3,(H,16,18). The van der Waals surface area contributed by atoms with Crippen LogP contribution in [0.3, 0.4) is 0 Å². The van der Waals surface area contributed by atoms with Crippen LogP contribution in [-0.2, 0) is 6.54 Å². The number of amides is 1. The first-order valence-corrected chi connectivity index (χ1v) is 6.97. The average Bonchev–Trinajstić information content (AvgIpc) is 3.01. The second-order valence-corrected chi connectivity index (χ2v) is 5.19. The molecule has 0 aromatic carbocycles. The third-order valence-corrected chi connectivity index (χ3v) is 3.61. The summed E-state index contributed by atoms with van der Waals surface area (Å²) in [7, 11) is 0. The monoisotopic (exact) mass is 289 g/mol. The summed E-state index contributed by atoms with van der Waals surface area (Å²) >= 11 is 1.55. The Labute approximate surface area is 121 Å². The van der Waals surface area contributed by atoms with Crippen molar-refractivity contribution in [3.8, 4) is 11.8 Å². The van der Waals surface area contributed by atoms with Crippen LogP contribution in [0.1, 0.15) is 32.3 Å². The van der Waals surface area contributed by atoms with Crippen molar-refractivity contribution in [2.75, 3.05) is 6.54 Å². The number of hydrogen-bond acceptors (Lipinski definition) is 5. The van der Waals surface area contributed by atoms with Crippen molar-refractivity contribution in [1.29, 1.82) is 0 Å². The zero-order valence-corrected chi connectivity index (χ0v) is 12.1. The van der Waals surface area contributed by atoms with Gasteiger partial charge in [-0.1, -0.05) is 17.0 Å². The minimum atomic E-state index is -0.177. The van der Waals surface area contributed by atoms with Crippen molar-refractivity contribution >= 4 is 17.2 Å². The molecule has 0 aliphatic carbocycles. The maximum Gasteiger partial charge on any atom is 0.257 e. The fourth-order valence-electron chi connectivity index (χ4n) is 1.75. The smallest absolute Gasteiger partial charge is 0.257 e. The summed E-state index contributed by atoms with van der Waals surface area (Å²) in [5.41, 5.74) is 7.34. The Morgan fingerprint density at radius 1 is 1.55 bits per heavy atom. The first kappa shape index (κ1) is 14.3. The van der Waals surface area contributed by atoms with E-state index in [-0.39, 0.29) is 5.91 Å². The number of hydrogen-bond donors (Lipinski definition) is 2. The van der Waals surface area contributed by atoms with Gasteiger partial charge in [0.05, 0.1) is 18.8 Å². The molecule has 0 saturated carbocycles. The van der Waals surface area contributed by atoms with Gasteiger partial charge < -0.3 is 15.6 Å². The van der Waals surface area contributed by atoms with E-state index in [1.165, 1.54) is 0 Å². The lowest BCUT2D eigenvalue weighted by molar-refractivity contribution is 0.0949. The van der Waals surface area contributed by atoms with E-state index in [9.17, 15) is 4.79 Å². The third-order valence-electron chi connectivity index (χ3n) is 2.67. The molecule has 0 atom stereocenters. The van der Waals surface area contributed by atoms with Crippen molar-refractivity contribution in [1.82, 2.24) is 10.5 Å². The van der Waals surface area contributed by atoms with Gasteiger partial charge in [0.15, 0.2) is 0 Å². The van der Waals surface area contributed by atoms with Gasteiger partial charge in [-0.05, 0) is 19.9 Å². The number of nitrogens with two attached hydrogens (primary N) is 1. The Morgan fingerprint density at radius 3 is 3.00 bits per heavy atom. The number of thiophene rings is 1. The van der Waals surface area contributed by atoms with E-state index in [1.807, 2.05) is 11.4 Å². The van der Waals surface area contributed by atoms with E-state index >= 15 is 0 Å². The average molecular weight is 289 g/mol. The molecule has 0 spiro atoms. The van der Waals surface area contributed by atoms with Gasteiger partial charge in [0, 0.05) is 15.8 Å². The second-order valence-electron chi connectivity index (χ2n) is 4.19. The van der Waals surface area contributed by atoms with Crippen LogP contribution in [0.15, 0.2) is 16.0 Å². The largest absolute Gasteiger partial charge is 0.361 e. The van der Waals surface area contributed by atoms with Gasteiger partial charge in [0.25, 0.3) is 5.91 Å². The van der Waals surface area contributed by atoms with E-state index in [1.54, 1.807) is 25.2 Å². The predicted molar refractivity (Wildman–Crippen MR) is 77.4 cm³/mol. The van der Waals surface area contributed by atoms with Crippen LogP contribution in [0.5, 0.6) is 0 Å². The molecule has 6 heteroatoms. The molecule has 2 aromatic rings. The first-order chi connectivity index (χ1) is 9.61. The normalized spacial score (nSPS) is 9.95. The molecule has 0 unspecified atom stereocenters. The van der Waals surface area contributed by atoms with Crippen molar-refractivity contribution in [2.45, 2.75) is 20.4 Å². The first-order valence-electron chi connectivity index (χ1n) is 6.09. The lowest BCUT2D eigenvalue weighted by Gasteiger charge is -2.02. The van der Waals surface area contributed by atoms with E-state index < -0.39 is 0 Å². The molecule has 0 bridgehead atoms. The van der Waals surface area contributed by atoms with Crippen LogP contribution in [0.2, 0.25) is 0 Å². The highest BCUT2D eigenvalue weighted by atomic mass is 32.1. The van der Waals surface area contributed by atoms with Crippen molar-refractivity contribution in [2.24, 2.45) is 5.73 Å². The maximum atomic E-state index is 12.0. The lowest BCUT2D eigenvalue weighted by Crippen LogP contribution is -2.23. The number of nitrogens with zero attached hydrogens (tertiary/aromatic N) is 1. The number of aryl methyl sites for hydroxylation is 2. The molecule has 2 rings (SSSR count). The molecule has 1 amide bonds. The van der Waals surface area contributed by atoms with Gasteiger partial charge in [-0.2, -0.15) is 0 Å². The molecule has 3 N–H and O–H groups in total. The number of nitrogens with one attached hydrogen (secondary N) is 1. The van der Waals surface area contributed by atoms with Crippen LogP contribution in [-0.4, -0.2) is 17.6 Å². The lowest BCUT2D eigenvalue weighted by atomic mass is 10.2. The van der Waals surface area contributed by atoms with Crippen LogP contribution in [0.25, 0.3) is 0 Å². The van der Waals surface area contributed by atoms with Gasteiger partial charge in [-0.15, -0.1) is 11.3 Å². The fourth-order valence-corrected chi connectivity index (χ4v) is 2.51. The van der Waals surface area contributed by atoms with Crippen molar-refractivity contribution in [3.63, 3.8) is 0 Å². The molecular formula is C14H15N3O2S. The second kappa shape index (κ2) is 6.37. The van der Waals surface area contributed by atoms with E-state index in [4.69, 9.17) is 10.3 Å². The summed E-state index contributed by atoms with van der Waals surface area (Å²) in [4.78, 5) is 13.1. The number of rotatable bonds is 3. The van der Waals surface area contributed by atoms with Gasteiger partial charge in [-0.25, -0.2) is 0 Å². The summed E-state index contributed by atoms with van der Waals surface area (Å²) in [6.45, 7) is 4.27. The summed E-state index contributed by atoms with van der Waals surface area (Å²) in [5.74, 6) is 6.10. The zero-order valence-electron chi connectivity index (χ0n) is 11.3. The summed E-state index contributed by atoms with van der Waals surface area (Å²) in [6.07, 6.45) is 0. The van der Waals surface area contributed by atoms with Crippen LogP contribution in [0, 0.1) is 25.7 Å². The molecule has 0 radical (unpaired) electrons. The Bertz CT molecular complexity index is 657. The molecule has 2 heterocycles. The molecule has 2 aromatic heterocycles. The van der Waals surface area contributed by atoms with Crippen LogP contribution < -0.4 is 11.1 Å². The highest BCUT2D eigenvalue weighted by Gasteiger charge is 2.17. The zero-order chi connectivity index (χ0) is 14.5. The minimum absolute atomic E-state index is 0.177. The van der Waals surface area contributed by atoms with Crippen molar-refractivity contribution < 1.29 is 9.32 Å². The van der Waals surface area contributed by atoms with Gasteiger partial charge in [0.2, 0.25) is 0 Å². The van der Waals surface area contributed by atoms with Crippen LogP contribution >= 0.6 is 11.3 Å². The molecule has 0 aliphatic heterocycles. The number of carbonyl (C=O) groups is 1. The topological polar surface area (TPSA) is 81.2 Å². The Kier molecular flexibility index (Phi) is 4.56. The molecule has 5 nitrogen and oxygen atoms in total. The number of aromatic nitrogens is 1. The maximum absolute atomic E-state index is 12.0. The summed E-state index contributed by atoms with van der Waals surface area (Å²) < 4.78 is 4.98.